The van der Waals surface area contributed by atoms with E-state index in [-0.39, 0.29) is 5.91 Å². The third-order valence-electron chi connectivity index (χ3n) is 3.84. The molecule has 1 amide bonds. The highest BCUT2D eigenvalue weighted by atomic mass is 79.9. The molecule has 0 bridgehead atoms. The fraction of sp³-hybridized carbons (Fsp3) is 0.278. The number of carbonyl (C=O) groups excluding carboxylic acids is 1. The number of ether oxygens (including phenoxy) is 1. The smallest absolute Gasteiger partial charge is 0.248 e. The zero-order valence-electron chi connectivity index (χ0n) is 13.4. The van der Waals surface area contributed by atoms with E-state index in [0.29, 0.717) is 0 Å². The van der Waals surface area contributed by atoms with Gasteiger partial charge < -0.3 is 15.0 Å². The molecule has 1 aromatic carbocycles. The minimum Gasteiger partial charge on any atom is -0.378 e. The van der Waals surface area contributed by atoms with Crippen LogP contribution in [0.25, 0.3) is 6.08 Å². The van der Waals surface area contributed by atoms with E-state index in [4.69, 9.17) is 4.74 Å². The molecule has 0 spiro atoms. The topological polar surface area (TPSA) is 41.6 Å². The molecule has 4 nitrogen and oxygen atoms in total. The van der Waals surface area contributed by atoms with Gasteiger partial charge in [-0.25, -0.2) is 0 Å². The lowest BCUT2D eigenvalue weighted by Gasteiger charge is -2.29. The first-order valence-corrected chi connectivity index (χ1v) is 9.40. The van der Waals surface area contributed by atoms with Gasteiger partial charge in [-0.1, -0.05) is 0 Å². The van der Waals surface area contributed by atoms with Gasteiger partial charge >= 0.3 is 0 Å². The Labute approximate surface area is 154 Å². The Bertz CT molecular complexity index is 751. The Morgan fingerprint density at radius 1 is 1.29 bits per heavy atom. The summed E-state index contributed by atoms with van der Waals surface area (Å²) in [5.41, 5.74) is 3.07. The molecule has 0 aliphatic carbocycles. The van der Waals surface area contributed by atoms with Crippen LogP contribution >= 0.6 is 27.3 Å². The summed E-state index contributed by atoms with van der Waals surface area (Å²) in [5, 5.41) is 2.94. The number of benzene rings is 1. The molecule has 3 rings (SSSR count). The molecule has 1 aromatic heterocycles. The minimum absolute atomic E-state index is 0.123. The lowest BCUT2D eigenvalue weighted by atomic mass is 10.1. The van der Waals surface area contributed by atoms with Crippen LogP contribution in [0.15, 0.2) is 40.2 Å². The number of amides is 1. The van der Waals surface area contributed by atoms with Gasteiger partial charge in [0, 0.05) is 35.4 Å². The van der Waals surface area contributed by atoms with Gasteiger partial charge in [0.1, 0.15) is 0 Å². The van der Waals surface area contributed by atoms with Crippen molar-refractivity contribution in [2.75, 3.05) is 36.5 Å². The lowest BCUT2D eigenvalue weighted by molar-refractivity contribution is -0.111. The van der Waals surface area contributed by atoms with Crippen molar-refractivity contribution in [1.82, 2.24) is 0 Å². The molecule has 2 heterocycles. The first-order chi connectivity index (χ1) is 11.6. The number of halogens is 1. The molecule has 0 saturated carbocycles. The number of morpholine rings is 1. The molecule has 0 radical (unpaired) electrons. The van der Waals surface area contributed by atoms with Crippen molar-refractivity contribution in [2.24, 2.45) is 0 Å². The Morgan fingerprint density at radius 2 is 2.08 bits per heavy atom. The fourth-order valence-electron chi connectivity index (χ4n) is 2.56. The number of aryl methyl sites for hydroxylation is 1. The van der Waals surface area contributed by atoms with E-state index >= 15 is 0 Å². The maximum absolute atomic E-state index is 12.1. The molecule has 24 heavy (non-hydrogen) atoms. The molecule has 1 N–H and O–H groups in total. The van der Waals surface area contributed by atoms with Crippen molar-refractivity contribution in [1.29, 1.82) is 0 Å². The molecule has 6 heteroatoms. The number of hydrogen-bond acceptors (Lipinski definition) is 4. The molecule has 1 aliphatic rings. The third-order valence-corrected chi connectivity index (χ3v) is 5.43. The molecule has 1 fully saturated rings. The number of anilines is 2. The van der Waals surface area contributed by atoms with E-state index in [1.165, 1.54) is 5.69 Å². The van der Waals surface area contributed by atoms with E-state index in [1.807, 2.05) is 37.3 Å². The van der Waals surface area contributed by atoms with Gasteiger partial charge in [-0.2, -0.15) is 0 Å². The number of carbonyl (C=O) groups is 1. The number of thiophene rings is 1. The van der Waals surface area contributed by atoms with Gasteiger partial charge in [-0.15, -0.1) is 11.3 Å². The average molecular weight is 407 g/mol. The van der Waals surface area contributed by atoms with Gasteiger partial charge in [-0.05, 0) is 64.8 Å². The molecule has 0 atom stereocenters. The average Bonchev–Trinajstić information content (AvgIpc) is 3.01. The summed E-state index contributed by atoms with van der Waals surface area (Å²) in [6.45, 7) is 5.36. The summed E-state index contributed by atoms with van der Waals surface area (Å²) in [4.78, 5) is 15.4. The SMILES string of the molecule is Cc1cc(N2CCOCC2)ccc1NC(=O)C=Cc1ccc(Br)s1. The Morgan fingerprint density at radius 3 is 2.75 bits per heavy atom. The maximum Gasteiger partial charge on any atom is 0.248 e. The van der Waals surface area contributed by atoms with Crippen molar-refractivity contribution >= 4 is 50.6 Å². The van der Waals surface area contributed by atoms with Gasteiger partial charge in [0.15, 0.2) is 0 Å². The molecule has 126 valence electrons. The van der Waals surface area contributed by atoms with Crippen molar-refractivity contribution < 1.29 is 9.53 Å². The highest BCUT2D eigenvalue weighted by Crippen LogP contribution is 2.24. The second kappa shape index (κ2) is 7.96. The molecular formula is C18H19BrN2O2S. The lowest BCUT2D eigenvalue weighted by Crippen LogP contribution is -2.36. The van der Waals surface area contributed by atoms with Crippen LogP contribution in [0.5, 0.6) is 0 Å². The minimum atomic E-state index is -0.123. The monoisotopic (exact) mass is 406 g/mol. The van der Waals surface area contributed by atoms with Crippen LogP contribution in [0.1, 0.15) is 10.4 Å². The van der Waals surface area contributed by atoms with E-state index in [1.54, 1.807) is 17.4 Å². The van der Waals surface area contributed by atoms with Crippen LogP contribution in [-0.2, 0) is 9.53 Å². The quantitative estimate of drug-likeness (QED) is 0.769. The summed E-state index contributed by atoms with van der Waals surface area (Å²) >= 11 is 5.01. The number of nitrogens with one attached hydrogen (secondary N) is 1. The zero-order valence-corrected chi connectivity index (χ0v) is 15.8. The van der Waals surface area contributed by atoms with E-state index in [2.05, 4.69) is 32.2 Å². The number of nitrogens with zero attached hydrogens (tertiary/aromatic N) is 1. The summed E-state index contributed by atoms with van der Waals surface area (Å²) in [6, 6.07) is 10.1. The molecule has 1 saturated heterocycles. The van der Waals surface area contributed by atoms with Crippen LogP contribution in [-0.4, -0.2) is 32.2 Å². The van der Waals surface area contributed by atoms with Crippen molar-refractivity contribution in [3.05, 3.63) is 50.6 Å². The predicted octanol–water partition coefficient (Wildman–Crippen LogP) is 4.31. The highest BCUT2D eigenvalue weighted by Gasteiger charge is 2.12. The first-order valence-electron chi connectivity index (χ1n) is 7.79. The molecule has 2 aromatic rings. The summed E-state index contributed by atoms with van der Waals surface area (Å²) < 4.78 is 6.44. The van der Waals surface area contributed by atoms with Crippen LogP contribution in [0.4, 0.5) is 11.4 Å². The predicted molar refractivity (Wildman–Crippen MR) is 104 cm³/mol. The van der Waals surface area contributed by atoms with Crippen molar-refractivity contribution in [3.8, 4) is 0 Å². The van der Waals surface area contributed by atoms with Gasteiger partial charge in [0.05, 0.1) is 17.0 Å². The van der Waals surface area contributed by atoms with Crippen LogP contribution in [0.3, 0.4) is 0 Å². The van der Waals surface area contributed by atoms with Gasteiger partial charge in [-0.3, -0.25) is 4.79 Å². The van der Waals surface area contributed by atoms with Crippen LogP contribution in [0, 0.1) is 6.92 Å². The molecule has 0 unspecified atom stereocenters. The van der Waals surface area contributed by atoms with Crippen LogP contribution in [0.2, 0.25) is 0 Å². The standard InChI is InChI=1S/C18H19BrN2O2S/c1-13-12-14(21-8-10-23-11-9-21)2-5-16(13)20-18(22)7-4-15-3-6-17(19)24-15/h2-7,12H,8-11H2,1H3,(H,20,22). The van der Waals surface area contributed by atoms with Crippen LogP contribution < -0.4 is 10.2 Å². The fourth-order valence-corrected chi connectivity index (χ4v) is 3.88. The maximum atomic E-state index is 12.1. The Kier molecular flexibility index (Phi) is 5.71. The Balaban J connectivity index is 1.64. The van der Waals surface area contributed by atoms with E-state index in [9.17, 15) is 4.79 Å². The summed E-state index contributed by atoms with van der Waals surface area (Å²) in [6.07, 6.45) is 3.38. The van der Waals surface area contributed by atoms with E-state index in [0.717, 1.165) is 46.2 Å². The first kappa shape index (κ1) is 17.2. The highest BCUT2D eigenvalue weighted by molar-refractivity contribution is 9.11. The molecular weight excluding hydrogens is 388 g/mol. The second-order valence-corrected chi connectivity index (χ2v) is 8.06. The second-order valence-electron chi connectivity index (χ2n) is 5.56. The van der Waals surface area contributed by atoms with Gasteiger partial charge in [0.2, 0.25) is 5.91 Å². The number of rotatable bonds is 4. The zero-order chi connectivity index (χ0) is 16.9. The Hall–Kier alpha value is -1.63. The van der Waals surface area contributed by atoms with Crippen molar-refractivity contribution in [3.63, 3.8) is 0 Å². The molecule has 1 aliphatic heterocycles. The summed E-state index contributed by atoms with van der Waals surface area (Å²) in [7, 11) is 0. The third kappa shape index (κ3) is 4.47. The van der Waals surface area contributed by atoms with E-state index < -0.39 is 0 Å². The normalized spacial score (nSPS) is 15.0. The van der Waals surface area contributed by atoms with Gasteiger partial charge in [0.25, 0.3) is 0 Å². The largest absolute Gasteiger partial charge is 0.378 e. The van der Waals surface area contributed by atoms with Crippen molar-refractivity contribution in [2.45, 2.75) is 6.92 Å². The number of hydrogen-bond donors (Lipinski definition) is 1. The summed E-state index contributed by atoms with van der Waals surface area (Å²) in [5.74, 6) is -0.123.